The number of nitrogens with one attached hydrogen (secondary N) is 1. The van der Waals surface area contributed by atoms with Crippen LogP contribution in [0.15, 0.2) is 18.2 Å². The first kappa shape index (κ1) is 31.7. The van der Waals surface area contributed by atoms with Crippen molar-refractivity contribution in [2.75, 3.05) is 34.0 Å². The summed E-state index contributed by atoms with van der Waals surface area (Å²) in [4.78, 5) is 24.2. The monoisotopic (exact) mass is 506 g/mol. The number of carbonyl (C=O) groups is 2. The molecule has 0 fully saturated rings. The molecule has 1 rings (SSSR count). The Hall–Kier alpha value is -2.28. The van der Waals surface area contributed by atoms with Gasteiger partial charge in [0, 0.05) is 33.1 Å². The zero-order chi connectivity index (χ0) is 27.0. The first-order valence-corrected chi connectivity index (χ1v) is 13.5. The van der Waals surface area contributed by atoms with E-state index < -0.39 is 5.41 Å². The fraction of sp³-hybridized carbons (Fsp3) is 0.724. The number of primary amides is 1. The SMILES string of the molecule is COCCCOc1cc(CCCCCCC(C(=O)NCCCC(N)=O)(C(C)C)C(C)C)ccc1OC. The van der Waals surface area contributed by atoms with E-state index in [1.165, 1.54) is 5.56 Å². The van der Waals surface area contributed by atoms with E-state index in [-0.39, 0.29) is 23.7 Å². The second kappa shape index (κ2) is 17.2. The fourth-order valence-corrected chi connectivity index (χ4v) is 4.99. The molecule has 0 atom stereocenters. The van der Waals surface area contributed by atoms with E-state index in [4.69, 9.17) is 19.9 Å². The summed E-state index contributed by atoms with van der Waals surface area (Å²) in [5, 5.41) is 3.08. The van der Waals surface area contributed by atoms with Crippen molar-refractivity contribution in [1.82, 2.24) is 5.32 Å². The van der Waals surface area contributed by atoms with Gasteiger partial charge in [-0.15, -0.1) is 0 Å². The first-order valence-electron chi connectivity index (χ1n) is 13.5. The Labute approximate surface area is 218 Å². The Morgan fingerprint density at radius 3 is 2.22 bits per heavy atom. The number of benzene rings is 1. The molecule has 0 saturated carbocycles. The van der Waals surface area contributed by atoms with Crippen molar-refractivity contribution >= 4 is 11.8 Å². The average molecular weight is 507 g/mol. The largest absolute Gasteiger partial charge is 0.493 e. The normalized spacial score (nSPS) is 11.7. The van der Waals surface area contributed by atoms with Gasteiger partial charge in [0.25, 0.3) is 0 Å². The number of carbonyl (C=O) groups excluding carboxylic acids is 2. The van der Waals surface area contributed by atoms with Gasteiger partial charge in [-0.1, -0.05) is 53.0 Å². The maximum absolute atomic E-state index is 13.2. The topological polar surface area (TPSA) is 99.9 Å². The molecule has 0 radical (unpaired) electrons. The molecular formula is C29H50N2O5. The van der Waals surface area contributed by atoms with Crippen molar-refractivity contribution in [2.24, 2.45) is 23.0 Å². The molecule has 0 aromatic heterocycles. The lowest BCUT2D eigenvalue weighted by atomic mass is 9.65. The average Bonchev–Trinajstić information content (AvgIpc) is 2.83. The quantitative estimate of drug-likeness (QED) is 0.234. The summed E-state index contributed by atoms with van der Waals surface area (Å²) < 4.78 is 16.4. The summed E-state index contributed by atoms with van der Waals surface area (Å²) in [6.07, 6.45) is 7.88. The molecule has 36 heavy (non-hydrogen) atoms. The van der Waals surface area contributed by atoms with Crippen LogP contribution in [-0.4, -0.2) is 45.8 Å². The van der Waals surface area contributed by atoms with E-state index in [2.05, 4.69) is 45.1 Å². The number of ether oxygens (including phenoxy) is 3. The number of aryl methyl sites for hydroxylation is 1. The second-order valence-corrected chi connectivity index (χ2v) is 10.3. The van der Waals surface area contributed by atoms with Gasteiger partial charge in [0.05, 0.1) is 19.1 Å². The van der Waals surface area contributed by atoms with Crippen LogP contribution in [0.4, 0.5) is 0 Å². The minimum absolute atomic E-state index is 0.105. The highest BCUT2D eigenvalue weighted by atomic mass is 16.5. The van der Waals surface area contributed by atoms with Gasteiger partial charge in [0.2, 0.25) is 11.8 Å². The summed E-state index contributed by atoms with van der Waals surface area (Å²) in [5.41, 5.74) is 6.05. The van der Waals surface area contributed by atoms with Gasteiger partial charge in [0.15, 0.2) is 11.5 Å². The summed E-state index contributed by atoms with van der Waals surface area (Å²) in [7, 11) is 3.35. The predicted molar refractivity (Wildman–Crippen MR) is 145 cm³/mol. The van der Waals surface area contributed by atoms with Crippen molar-refractivity contribution in [2.45, 2.75) is 85.5 Å². The maximum atomic E-state index is 13.2. The van der Waals surface area contributed by atoms with Crippen molar-refractivity contribution in [3.05, 3.63) is 23.8 Å². The van der Waals surface area contributed by atoms with E-state index >= 15 is 0 Å². The Morgan fingerprint density at radius 1 is 0.917 bits per heavy atom. The Balaban J connectivity index is 2.56. The van der Waals surface area contributed by atoms with Crippen LogP contribution in [0.5, 0.6) is 11.5 Å². The lowest BCUT2D eigenvalue weighted by Gasteiger charge is -2.40. The third-order valence-electron chi connectivity index (χ3n) is 7.15. The van der Waals surface area contributed by atoms with Crippen LogP contribution < -0.4 is 20.5 Å². The lowest BCUT2D eigenvalue weighted by molar-refractivity contribution is -0.138. The fourth-order valence-electron chi connectivity index (χ4n) is 4.99. The van der Waals surface area contributed by atoms with Crippen molar-refractivity contribution < 1.29 is 23.8 Å². The standard InChI is InChI=1S/C29H50N2O5/c1-22(2)29(23(3)4,28(33)31-18-11-14-27(30)32)17-10-8-7-9-13-24-15-16-25(35-6)26(21-24)36-20-12-19-34-5/h15-16,21-23H,7-14,17-20H2,1-6H3,(H2,30,32)(H,31,33). The molecule has 0 heterocycles. The van der Waals surface area contributed by atoms with Crippen LogP contribution in [0.25, 0.3) is 0 Å². The van der Waals surface area contributed by atoms with Gasteiger partial charge in [-0.25, -0.2) is 0 Å². The molecule has 0 spiro atoms. The molecule has 1 aromatic carbocycles. The highest BCUT2D eigenvalue weighted by Crippen LogP contribution is 2.41. The molecule has 0 aliphatic heterocycles. The zero-order valence-electron chi connectivity index (χ0n) is 23.5. The first-order chi connectivity index (χ1) is 17.2. The van der Waals surface area contributed by atoms with Crippen LogP contribution >= 0.6 is 0 Å². The number of hydrogen-bond acceptors (Lipinski definition) is 5. The minimum atomic E-state index is -0.405. The van der Waals surface area contributed by atoms with Crippen molar-refractivity contribution in [3.8, 4) is 11.5 Å². The maximum Gasteiger partial charge on any atom is 0.226 e. The summed E-state index contributed by atoms with van der Waals surface area (Å²) in [6.45, 7) is 10.3. The van der Waals surface area contributed by atoms with E-state index in [0.29, 0.717) is 32.6 Å². The van der Waals surface area contributed by atoms with Gasteiger partial charge in [-0.2, -0.15) is 0 Å². The van der Waals surface area contributed by atoms with Gasteiger partial charge < -0.3 is 25.3 Å². The highest BCUT2D eigenvalue weighted by molar-refractivity contribution is 5.83. The van der Waals surface area contributed by atoms with E-state index in [1.54, 1.807) is 14.2 Å². The predicted octanol–water partition coefficient (Wildman–Crippen LogP) is 5.28. The molecule has 1 aromatic rings. The van der Waals surface area contributed by atoms with Crippen LogP contribution in [0.3, 0.4) is 0 Å². The number of amides is 2. The lowest BCUT2D eigenvalue weighted by Crippen LogP contribution is -2.48. The molecular weight excluding hydrogens is 456 g/mol. The van der Waals surface area contributed by atoms with Crippen LogP contribution in [0.2, 0.25) is 0 Å². The molecule has 0 bridgehead atoms. The minimum Gasteiger partial charge on any atom is -0.493 e. The molecule has 206 valence electrons. The number of unbranched alkanes of at least 4 members (excludes halogenated alkanes) is 3. The molecule has 0 aliphatic carbocycles. The van der Waals surface area contributed by atoms with E-state index in [0.717, 1.165) is 56.4 Å². The number of rotatable bonds is 20. The molecule has 7 nitrogen and oxygen atoms in total. The zero-order valence-corrected chi connectivity index (χ0v) is 23.5. The molecule has 0 saturated heterocycles. The molecule has 7 heteroatoms. The number of hydrogen-bond donors (Lipinski definition) is 2. The Bertz CT molecular complexity index is 771. The third-order valence-corrected chi connectivity index (χ3v) is 7.15. The van der Waals surface area contributed by atoms with Crippen LogP contribution in [-0.2, 0) is 20.7 Å². The number of nitrogens with two attached hydrogens (primary N) is 1. The van der Waals surface area contributed by atoms with Gasteiger partial charge in [0.1, 0.15) is 0 Å². The Morgan fingerprint density at radius 2 is 1.61 bits per heavy atom. The molecule has 2 amide bonds. The molecule has 0 unspecified atom stereocenters. The van der Waals surface area contributed by atoms with Crippen molar-refractivity contribution in [1.29, 1.82) is 0 Å². The van der Waals surface area contributed by atoms with Crippen molar-refractivity contribution in [3.63, 3.8) is 0 Å². The molecule has 0 aliphatic rings. The second-order valence-electron chi connectivity index (χ2n) is 10.3. The Kier molecular flexibility index (Phi) is 15.2. The smallest absolute Gasteiger partial charge is 0.226 e. The number of methoxy groups -OCH3 is 2. The van der Waals surface area contributed by atoms with E-state index in [1.807, 2.05) is 6.07 Å². The summed E-state index contributed by atoms with van der Waals surface area (Å²) in [5.74, 6) is 1.77. The highest BCUT2D eigenvalue weighted by Gasteiger charge is 2.43. The van der Waals surface area contributed by atoms with Gasteiger partial charge in [-0.3, -0.25) is 9.59 Å². The summed E-state index contributed by atoms with van der Waals surface area (Å²) >= 11 is 0. The van der Waals surface area contributed by atoms with Crippen LogP contribution in [0.1, 0.15) is 84.6 Å². The van der Waals surface area contributed by atoms with Crippen LogP contribution in [0, 0.1) is 17.3 Å². The van der Waals surface area contributed by atoms with Gasteiger partial charge >= 0.3 is 0 Å². The van der Waals surface area contributed by atoms with Gasteiger partial charge in [-0.05, 0) is 55.2 Å². The third kappa shape index (κ3) is 10.4. The van der Waals surface area contributed by atoms with E-state index in [9.17, 15) is 9.59 Å². The summed E-state index contributed by atoms with van der Waals surface area (Å²) in [6, 6.07) is 6.16. The molecule has 3 N–H and O–H groups in total.